The first-order chi connectivity index (χ1) is 14.5. The number of benzene rings is 2. The van der Waals surface area contributed by atoms with Gasteiger partial charge in [0, 0.05) is 23.2 Å². The first kappa shape index (κ1) is 21.1. The largest absolute Gasteiger partial charge is 0.445 e. The lowest BCUT2D eigenvalue weighted by atomic mass is 10.1. The quantitative estimate of drug-likeness (QED) is 0.576. The summed E-state index contributed by atoms with van der Waals surface area (Å²) in [6, 6.07) is 15.1. The van der Waals surface area contributed by atoms with Gasteiger partial charge in [0.25, 0.3) is 0 Å². The van der Waals surface area contributed by atoms with Crippen LogP contribution in [0.3, 0.4) is 0 Å². The molecule has 156 valence electrons. The summed E-state index contributed by atoms with van der Waals surface area (Å²) in [5.41, 5.74) is 2.22. The molecule has 0 saturated heterocycles. The van der Waals surface area contributed by atoms with Crippen molar-refractivity contribution in [2.45, 2.75) is 39.3 Å². The second-order valence-electron chi connectivity index (χ2n) is 6.97. The topological polar surface area (TPSA) is 97.6 Å². The molecule has 0 radical (unpaired) electrons. The van der Waals surface area contributed by atoms with E-state index in [0.717, 1.165) is 29.4 Å². The zero-order valence-corrected chi connectivity index (χ0v) is 16.9. The third-order valence-electron chi connectivity index (χ3n) is 4.56. The van der Waals surface area contributed by atoms with Crippen LogP contribution in [0.15, 0.2) is 63.8 Å². The molecule has 1 atom stereocenters. The number of carbonyl (C=O) groups is 2. The average Bonchev–Trinajstić information content (AvgIpc) is 2.73. The third kappa shape index (κ3) is 5.47. The minimum atomic E-state index is -0.817. The highest BCUT2D eigenvalue weighted by Crippen LogP contribution is 2.22. The van der Waals surface area contributed by atoms with E-state index < -0.39 is 23.7 Å². The number of carbonyl (C=O) groups excluding carboxylic acids is 2. The molecule has 3 rings (SSSR count). The van der Waals surface area contributed by atoms with Crippen LogP contribution < -0.4 is 16.3 Å². The number of hydrogen-bond acceptors (Lipinski definition) is 5. The maximum Gasteiger partial charge on any atom is 0.408 e. The van der Waals surface area contributed by atoms with E-state index in [1.54, 1.807) is 19.1 Å². The maximum atomic E-state index is 12.4. The number of hydrogen-bond donors (Lipinski definition) is 2. The van der Waals surface area contributed by atoms with Crippen LogP contribution in [0, 0.1) is 0 Å². The summed E-state index contributed by atoms with van der Waals surface area (Å²) in [7, 11) is 0. The molecule has 1 heterocycles. The highest BCUT2D eigenvalue weighted by molar-refractivity contribution is 5.97. The van der Waals surface area contributed by atoms with Gasteiger partial charge in [0.15, 0.2) is 0 Å². The van der Waals surface area contributed by atoms with E-state index in [0.29, 0.717) is 11.3 Å². The second-order valence-corrected chi connectivity index (χ2v) is 6.97. The van der Waals surface area contributed by atoms with Gasteiger partial charge in [-0.15, -0.1) is 0 Å². The minimum Gasteiger partial charge on any atom is -0.445 e. The standard InChI is InChI=1S/C23H24N2O5/c1-3-7-17-12-21(26)30-20-13-18(10-11-19(17)20)25-22(27)15(2)24-23(28)29-14-16-8-5-4-6-9-16/h4-6,8-13,15H,3,7,14H2,1-2H3,(H,24,28)(H,25,27)/t15-/m0/s1. The van der Waals surface area contributed by atoms with E-state index in [9.17, 15) is 14.4 Å². The van der Waals surface area contributed by atoms with Crippen molar-refractivity contribution in [3.63, 3.8) is 0 Å². The Bertz CT molecular complexity index is 1090. The highest BCUT2D eigenvalue weighted by atomic mass is 16.5. The van der Waals surface area contributed by atoms with E-state index in [1.165, 1.54) is 6.07 Å². The Morgan fingerprint density at radius 3 is 2.60 bits per heavy atom. The number of alkyl carbamates (subject to hydrolysis) is 1. The van der Waals surface area contributed by atoms with Crippen molar-refractivity contribution in [3.05, 3.63) is 76.1 Å². The van der Waals surface area contributed by atoms with Crippen LogP contribution in [0.4, 0.5) is 10.5 Å². The third-order valence-corrected chi connectivity index (χ3v) is 4.56. The van der Waals surface area contributed by atoms with E-state index in [2.05, 4.69) is 10.6 Å². The Labute approximate surface area is 174 Å². The van der Waals surface area contributed by atoms with E-state index >= 15 is 0 Å². The highest BCUT2D eigenvalue weighted by Gasteiger charge is 2.17. The van der Waals surface area contributed by atoms with Crippen LogP contribution >= 0.6 is 0 Å². The van der Waals surface area contributed by atoms with E-state index in [-0.39, 0.29) is 6.61 Å². The van der Waals surface area contributed by atoms with Gasteiger partial charge in [-0.25, -0.2) is 9.59 Å². The summed E-state index contributed by atoms with van der Waals surface area (Å²) in [6.07, 6.45) is 0.982. The lowest BCUT2D eigenvalue weighted by molar-refractivity contribution is -0.117. The van der Waals surface area contributed by atoms with Crippen LogP contribution in [0.25, 0.3) is 11.0 Å². The normalized spacial score (nSPS) is 11.7. The molecule has 0 spiro atoms. The average molecular weight is 408 g/mol. The van der Waals surface area contributed by atoms with E-state index in [4.69, 9.17) is 9.15 Å². The molecule has 30 heavy (non-hydrogen) atoms. The second kappa shape index (κ2) is 9.73. The van der Waals surface area contributed by atoms with Gasteiger partial charge in [0.05, 0.1) is 0 Å². The molecular formula is C23H24N2O5. The summed E-state index contributed by atoms with van der Waals surface area (Å²) in [5.74, 6) is -0.418. The molecule has 2 aromatic carbocycles. The molecular weight excluding hydrogens is 384 g/mol. The summed E-state index contributed by atoms with van der Waals surface area (Å²) in [6.45, 7) is 3.71. The number of amides is 2. The fraction of sp³-hybridized carbons (Fsp3) is 0.261. The monoisotopic (exact) mass is 408 g/mol. The van der Waals surface area contributed by atoms with Crippen molar-refractivity contribution in [1.29, 1.82) is 0 Å². The smallest absolute Gasteiger partial charge is 0.408 e. The van der Waals surface area contributed by atoms with Gasteiger partial charge in [0.1, 0.15) is 18.2 Å². The van der Waals surface area contributed by atoms with Crippen LogP contribution in [-0.2, 0) is 22.6 Å². The number of ether oxygens (including phenoxy) is 1. The van der Waals surface area contributed by atoms with Gasteiger partial charge in [-0.3, -0.25) is 4.79 Å². The summed E-state index contributed by atoms with van der Waals surface area (Å²) in [4.78, 5) is 36.1. The minimum absolute atomic E-state index is 0.116. The Hall–Kier alpha value is -3.61. The predicted molar refractivity (Wildman–Crippen MR) is 114 cm³/mol. The fourth-order valence-electron chi connectivity index (χ4n) is 3.04. The van der Waals surface area contributed by atoms with Gasteiger partial charge < -0.3 is 19.8 Å². The zero-order valence-electron chi connectivity index (χ0n) is 16.9. The maximum absolute atomic E-state index is 12.4. The number of anilines is 1. The number of fused-ring (bicyclic) bond motifs is 1. The molecule has 0 unspecified atom stereocenters. The van der Waals surface area contributed by atoms with E-state index in [1.807, 2.05) is 43.3 Å². The number of rotatable bonds is 7. The summed E-state index contributed by atoms with van der Waals surface area (Å²) >= 11 is 0. The molecule has 0 aliphatic heterocycles. The van der Waals surface area contributed by atoms with Gasteiger partial charge >= 0.3 is 11.7 Å². The Balaban J connectivity index is 1.61. The molecule has 2 N–H and O–H groups in total. The van der Waals surface area contributed by atoms with Crippen molar-refractivity contribution < 1.29 is 18.7 Å². The summed E-state index contributed by atoms with van der Waals surface area (Å²) < 4.78 is 10.4. The zero-order chi connectivity index (χ0) is 21.5. The van der Waals surface area contributed by atoms with Gasteiger partial charge in [-0.05, 0) is 36.6 Å². The molecule has 2 amide bonds. The van der Waals surface area contributed by atoms with Crippen LogP contribution in [0.2, 0.25) is 0 Å². The molecule has 0 saturated carbocycles. The predicted octanol–water partition coefficient (Wildman–Crippen LogP) is 4.00. The number of aryl methyl sites for hydroxylation is 1. The van der Waals surface area contributed by atoms with Crippen molar-refractivity contribution >= 4 is 28.7 Å². The first-order valence-electron chi connectivity index (χ1n) is 9.81. The van der Waals surface area contributed by atoms with Crippen molar-refractivity contribution in [3.8, 4) is 0 Å². The van der Waals surface area contributed by atoms with Crippen molar-refractivity contribution in [1.82, 2.24) is 5.32 Å². The Kier molecular flexibility index (Phi) is 6.85. The molecule has 7 nitrogen and oxygen atoms in total. The van der Waals surface area contributed by atoms with Gasteiger partial charge in [-0.1, -0.05) is 43.7 Å². The van der Waals surface area contributed by atoms with Crippen LogP contribution in [-0.4, -0.2) is 18.0 Å². The lowest BCUT2D eigenvalue weighted by Gasteiger charge is -2.14. The Morgan fingerprint density at radius 2 is 1.87 bits per heavy atom. The summed E-state index contributed by atoms with van der Waals surface area (Å²) in [5, 5.41) is 6.05. The Morgan fingerprint density at radius 1 is 1.10 bits per heavy atom. The lowest BCUT2D eigenvalue weighted by Crippen LogP contribution is -2.41. The molecule has 0 bridgehead atoms. The van der Waals surface area contributed by atoms with Crippen molar-refractivity contribution in [2.24, 2.45) is 0 Å². The molecule has 1 aromatic heterocycles. The fourth-order valence-corrected chi connectivity index (χ4v) is 3.04. The van der Waals surface area contributed by atoms with Crippen LogP contribution in [0.5, 0.6) is 0 Å². The van der Waals surface area contributed by atoms with Gasteiger partial charge in [-0.2, -0.15) is 0 Å². The molecule has 0 aliphatic rings. The first-order valence-corrected chi connectivity index (χ1v) is 9.81. The van der Waals surface area contributed by atoms with Crippen molar-refractivity contribution in [2.75, 3.05) is 5.32 Å². The SMILES string of the molecule is CCCc1cc(=O)oc2cc(NC(=O)[C@H](C)NC(=O)OCc3ccccc3)ccc12. The molecule has 7 heteroatoms. The number of nitrogens with one attached hydrogen (secondary N) is 2. The van der Waals surface area contributed by atoms with Crippen LogP contribution in [0.1, 0.15) is 31.4 Å². The van der Waals surface area contributed by atoms with Gasteiger partial charge in [0.2, 0.25) is 5.91 Å². The molecule has 0 fully saturated rings. The molecule has 3 aromatic rings. The molecule has 0 aliphatic carbocycles.